The number of carbonyl (C=O) groups is 1. The van der Waals surface area contributed by atoms with Crippen molar-refractivity contribution in [3.05, 3.63) is 77.1 Å². The number of aryl methyl sites for hydroxylation is 1. The van der Waals surface area contributed by atoms with Crippen molar-refractivity contribution in [1.82, 2.24) is 15.1 Å². The van der Waals surface area contributed by atoms with Crippen molar-refractivity contribution in [2.75, 3.05) is 18.5 Å². The molecule has 0 saturated heterocycles. The van der Waals surface area contributed by atoms with E-state index in [-0.39, 0.29) is 30.9 Å². The van der Waals surface area contributed by atoms with E-state index >= 15 is 0 Å². The van der Waals surface area contributed by atoms with Gasteiger partial charge in [-0.3, -0.25) is 9.48 Å². The first-order valence-corrected chi connectivity index (χ1v) is 9.74. The predicted octanol–water partition coefficient (Wildman–Crippen LogP) is 2.60. The molecular formula is C22H24F2N4O3. The molecule has 0 aliphatic rings. The second kappa shape index (κ2) is 10.0. The molecule has 1 atom stereocenters. The lowest BCUT2D eigenvalue weighted by atomic mass is 9.99. The van der Waals surface area contributed by atoms with E-state index in [2.05, 4.69) is 15.7 Å². The number of nitrogens with one attached hydrogen (secondary N) is 2. The molecule has 0 radical (unpaired) electrons. The quantitative estimate of drug-likeness (QED) is 0.418. The van der Waals surface area contributed by atoms with Crippen LogP contribution in [0.3, 0.4) is 0 Å². The van der Waals surface area contributed by atoms with E-state index in [1.807, 2.05) is 19.3 Å². The first-order valence-electron chi connectivity index (χ1n) is 9.74. The van der Waals surface area contributed by atoms with Crippen molar-refractivity contribution in [3.63, 3.8) is 0 Å². The molecule has 0 aliphatic heterocycles. The molecule has 0 bridgehead atoms. The monoisotopic (exact) mass is 430 g/mol. The summed E-state index contributed by atoms with van der Waals surface area (Å²) in [5.74, 6) is -2.98. The Labute approximate surface area is 178 Å². The van der Waals surface area contributed by atoms with Crippen molar-refractivity contribution in [3.8, 4) is 5.75 Å². The number of aromatic hydroxyl groups is 1. The molecule has 0 saturated carbocycles. The Balaban J connectivity index is 1.55. The Bertz CT molecular complexity index is 1050. The lowest BCUT2D eigenvalue weighted by Gasteiger charge is -2.16. The molecule has 0 fully saturated rings. The van der Waals surface area contributed by atoms with Crippen LogP contribution in [0.25, 0.3) is 0 Å². The van der Waals surface area contributed by atoms with Gasteiger partial charge in [0, 0.05) is 44.1 Å². The van der Waals surface area contributed by atoms with E-state index in [1.54, 1.807) is 10.7 Å². The Kier molecular flexibility index (Phi) is 7.19. The number of hydrogen-bond donors (Lipinski definition) is 4. The number of aromatic nitrogens is 2. The van der Waals surface area contributed by atoms with Crippen LogP contribution in [0, 0.1) is 17.6 Å². The Morgan fingerprint density at radius 3 is 2.61 bits per heavy atom. The summed E-state index contributed by atoms with van der Waals surface area (Å²) < 4.78 is 28.1. The van der Waals surface area contributed by atoms with Gasteiger partial charge in [-0.2, -0.15) is 5.10 Å². The zero-order valence-electron chi connectivity index (χ0n) is 17.0. The number of carbonyl (C=O) groups excluding carboxylic acids is 1. The van der Waals surface area contributed by atoms with Gasteiger partial charge < -0.3 is 20.8 Å². The molecule has 0 spiro atoms. The minimum Gasteiger partial charge on any atom is -0.507 e. The molecule has 1 heterocycles. The van der Waals surface area contributed by atoms with Crippen molar-refractivity contribution >= 4 is 11.6 Å². The van der Waals surface area contributed by atoms with E-state index in [4.69, 9.17) is 0 Å². The number of rotatable bonds is 9. The number of amides is 1. The Morgan fingerprint density at radius 1 is 1.16 bits per heavy atom. The summed E-state index contributed by atoms with van der Waals surface area (Å²) in [7, 11) is 1.82. The van der Waals surface area contributed by atoms with Gasteiger partial charge in [-0.05, 0) is 42.3 Å². The van der Waals surface area contributed by atoms with Crippen LogP contribution in [-0.4, -0.2) is 39.1 Å². The fourth-order valence-corrected chi connectivity index (χ4v) is 3.12. The van der Waals surface area contributed by atoms with E-state index < -0.39 is 23.5 Å². The van der Waals surface area contributed by atoms with Crippen LogP contribution in [0.1, 0.15) is 21.6 Å². The van der Waals surface area contributed by atoms with Crippen LogP contribution in [0.15, 0.2) is 48.7 Å². The largest absolute Gasteiger partial charge is 0.507 e. The summed E-state index contributed by atoms with van der Waals surface area (Å²) in [6, 6.07) is 10.0. The van der Waals surface area contributed by atoms with Crippen LogP contribution >= 0.6 is 0 Å². The summed E-state index contributed by atoms with van der Waals surface area (Å²) in [4.78, 5) is 12.4. The standard InChI is InChI=1S/C22H24F2N4O3/c1-28-7-6-17(27-28)12-25-16-3-4-18(21(30)10-16)22(31)26-11-15(13-29)8-14-2-5-19(23)20(24)9-14/h2-7,9-10,15,25,29-30H,8,11-13H2,1H3,(H,26,31). The third kappa shape index (κ3) is 6.02. The minimum atomic E-state index is -0.958. The minimum absolute atomic E-state index is 0.0907. The van der Waals surface area contributed by atoms with Crippen LogP contribution in [0.4, 0.5) is 14.5 Å². The molecular weight excluding hydrogens is 406 g/mol. The fraction of sp³-hybridized carbons (Fsp3) is 0.273. The number of hydrogen-bond acceptors (Lipinski definition) is 5. The van der Waals surface area contributed by atoms with Gasteiger partial charge in [0.25, 0.3) is 5.91 Å². The lowest BCUT2D eigenvalue weighted by molar-refractivity contribution is 0.0937. The van der Waals surface area contributed by atoms with Crippen LogP contribution in [0.5, 0.6) is 5.75 Å². The SMILES string of the molecule is Cn1ccc(CNc2ccc(C(=O)NCC(CO)Cc3ccc(F)c(F)c3)c(O)c2)n1. The first-order chi connectivity index (χ1) is 14.9. The van der Waals surface area contributed by atoms with Crippen LogP contribution in [-0.2, 0) is 20.0 Å². The Hall–Kier alpha value is -3.46. The zero-order chi connectivity index (χ0) is 22.4. The molecule has 1 amide bonds. The number of halogens is 2. The number of phenolic OH excluding ortho intramolecular Hbond substituents is 1. The second-order valence-electron chi connectivity index (χ2n) is 7.28. The van der Waals surface area contributed by atoms with E-state index in [0.29, 0.717) is 17.8 Å². The van der Waals surface area contributed by atoms with Gasteiger partial charge >= 0.3 is 0 Å². The number of phenols is 1. The smallest absolute Gasteiger partial charge is 0.255 e. The van der Waals surface area contributed by atoms with E-state index in [0.717, 1.165) is 17.8 Å². The van der Waals surface area contributed by atoms with E-state index in [1.165, 1.54) is 18.2 Å². The highest BCUT2D eigenvalue weighted by molar-refractivity contribution is 5.97. The van der Waals surface area contributed by atoms with Crippen molar-refractivity contribution in [1.29, 1.82) is 0 Å². The second-order valence-corrected chi connectivity index (χ2v) is 7.28. The first kappa shape index (κ1) is 22.2. The molecule has 7 nitrogen and oxygen atoms in total. The molecule has 164 valence electrons. The average molecular weight is 430 g/mol. The maximum absolute atomic E-state index is 13.4. The number of aliphatic hydroxyl groups is 1. The summed E-state index contributed by atoms with van der Waals surface area (Å²) in [6.45, 7) is 0.322. The summed E-state index contributed by atoms with van der Waals surface area (Å²) in [5, 5.41) is 29.8. The highest BCUT2D eigenvalue weighted by Gasteiger charge is 2.16. The molecule has 2 aromatic carbocycles. The normalized spacial score (nSPS) is 11.9. The molecule has 1 aromatic heterocycles. The van der Waals surface area contributed by atoms with Gasteiger partial charge in [0.2, 0.25) is 0 Å². The number of nitrogens with zero attached hydrogens (tertiary/aromatic N) is 2. The third-order valence-corrected chi connectivity index (χ3v) is 4.80. The number of anilines is 1. The molecule has 1 unspecified atom stereocenters. The summed E-state index contributed by atoms with van der Waals surface area (Å²) >= 11 is 0. The number of aliphatic hydroxyl groups excluding tert-OH is 1. The third-order valence-electron chi connectivity index (χ3n) is 4.80. The average Bonchev–Trinajstić information content (AvgIpc) is 3.17. The van der Waals surface area contributed by atoms with Gasteiger partial charge in [-0.15, -0.1) is 0 Å². The van der Waals surface area contributed by atoms with Gasteiger partial charge in [-0.25, -0.2) is 8.78 Å². The van der Waals surface area contributed by atoms with Gasteiger partial charge in [-0.1, -0.05) is 6.07 Å². The zero-order valence-corrected chi connectivity index (χ0v) is 17.0. The maximum Gasteiger partial charge on any atom is 0.255 e. The highest BCUT2D eigenvalue weighted by atomic mass is 19.2. The van der Waals surface area contributed by atoms with Gasteiger partial charge in [0.1, 0.15) is 5.75 Å². The summed E-state index contributed by atoms with van der Waals surface area (Å²) in [6.07, 6.45) is 2.09. The van der Waals surface area contributed by atoms with Gasteiger partial charge in [0.05, 0.1) is 17.8 Å². The lowest BCUT2D eigenvalue weighted by Crippen LogP contribution is -2.32. The molecule has 0 aliphatic carbocycles. The van der Waals surface area contributed by atoms with Crippen molar-refractivity contribution < 1.29 is 23.8 Å². The van der Waals surface area contributed by atoms with Crippen LogP contribution in [0.2, 0.25) is 0 Å². The maximum atomic E-state index is 13.4. The molecule has 3 aromatic rings. The topological polar surface area (TPSA) is 99.4 Å². The molecule has 31 heavy (non-hydrogen) atoms. The Morgan fingerprint density at radius 2 is 1.97 bits per heavy atom. The molecule has 4 N–H and O–H groups in total. The predicted molar refractivity (Wildman–Crippen MR) is 112 cm³/mol. The molecule has 9 heteroatoms. The number of benzene rings is 2. The van der Waals surface area contributed by atoms with Crippen LogP contribution < -0.4 is 10.6 Å². The van der Waals surface area contributed by atoms with E-state index in [9.17, 15) is 23.8 Å². The fourth-order valence-electron chi connectivity index (χ4n) is 3.12. The highest BCUT2D eigenvalue weighted by Crippen LogP contribution is 2.22. The molecule has 3 rings (SSSR count). The summed E-state index contributed by atoms with van der Waals surface area (Å²) in [5.41, 5.74) is 2.07. The van der Waals surface area contributed by atoms with Gasteiger partial charge in [0.15, 0.2) is 11.6 Å². The van der Waals surface area contributed by atoms with Crippen molar-refractivity contribution in [2.24, 2.45) is 13.0 Å². The van der Waals surface area contributed by atoms with Crippen molar-refractivity contribution in [2.45, 2.75) is 13.0 Å².